The highest BCUT2D eigenvalue weighted by atomic mass is 32.1. The number of aromatic nitrogens is 3. The number of fused-ring (bicyclic) bond motifs is 1. The molecule has 1 aliphatic rings. The summed E-state index contributed by atoms with van der Waals surface area (Å²) in [6.45, 7) is 0. The molecule has 1 saturated carbocycles. The van der Waals surface area contributed by atoms with Gasteiger partial charge in [0.1, 0.15) is 10.4 Å². The summed E-state index contributed by atoms with van der Waals surface area (Å²) in [6, 6.07) is 7.74. The summed E-state index contributed by atoms with van der Waals surface area (Å²) in [5.41, 5.74) is 2.54. The molecule has 22 heavy (non-hydrogen) atoms. The molecule has 6 nitrogen and oxygen atoms in total. The predicted octanol–water partition coefficient (Wildman–Crippen LogP) is 3.04. The number of amides is 1. The van der Waals surface area contributed by atoms with Crippen LogP contribution in [0.2, 0.25) is 0 Å². The minimum atomic E-state index is 0.0615. The maximum atomic E-state index is 11.8. The molecule has 2 aromatic heterocycles. The number of H-pyrrole nitrogens is 1. The largest absolute Gasteiger partial charge is 0.497 e. The zero-order chi connectivity index (χ0) is 15.1. The monoisotopic (exact) mass is 314 g/mol. The fourth-order valence-corrected chi connectivity index (χ4v) is 3.20. The summed E-state index contributed by atoms with van der Waals surface area (Å²) in [5.74, 6) is 1.03. The summed E-state index contributed by atoms with van der Waals surface area (Å²) in [4.78, 5) is 16.2. The highest BCUT2D eigenvalue weighted by Crippen LogP contribution is 2.35. The number of methoxy groups -OCH3 is 1. The third-order valence-corrected chi connectivity index (χ3v) is 4.64. The molecule has 0 aliphatic heterocycles. The molecule has 1 aromatic carbocycles. The van der Waals surface area contributed by atoms with Crippen LogP contribution in [0.4, 0.5) is 5.13 Å². The summed E-state index contributed by atoms with van der Waals surface area (Å²) >= 11 is 1.44. The first kappa shape index (κ1) is 13.3. The van der Waals surface area contributed by atoms with E-state index in [-0.39, 0.29) is 11.8 Å². The molecular formula is C15H14N4O2S. The average molecular weight is 314 g/mol. The summed E-state index contributed by atoms with van der Waals surface area (Å²) in [5, 5.41) is 10.7. The van der Waals surface area contributed by atoms with E-state index in [2.05, 4.69) is 20.5 Å². The van der Waals surface area contributed by atoms with Crippen LogP contribution in [0, 0.1) is 5.92 Å². The maximum Gasteiger partial charge on any atom is 0.229 e. The van der Waals surface area contributed by atoms with Gasteiger partial charge in [0.05, 0.1) is 12.8 Å². The quantitative estimate of drug-likeness (QED) is 0.775. The Kier molecular flexibility index (Phi) is 3.07. The van der Waals surface area contributed by atoms with Gasteiger partial charge in [0.25, 0.3) is 0 Å². The second-order valence-electron chi connectivity index (χ2n) is 5.26. The normalized spacial score (nSPS) is 14.2. The van der Waals surface area contributed by atoms with Gasteiger partial charge in [-0.25, -0.2) is 0 Å². The molecule has 0 spiro atoms. The van der Waals surface area contributed by atoms with Crippen molar-refractivity contribution in [3.8, 4) is 17.0 Å². The first-order chi connectivity index (χ1) is 10.7. The van der Waals surface area contributed by atoms with E-state index < -0.39 is 0 Å². The van der Waals surface area contributed by atoms with E-state index in [0.717, 1.165) is 34.5 Å². The van der Waals surface area contributed by atoms with Gasteiger partial charge in [-0.15, -0.1) is 0 Å². The van der Waals surface area contributed by atoms with Crippen molar-refractivity contribution in [2.45, 2.75) is 12.8 Å². The number of thiazole rings is 1. The van der Waals surface area contributed by atoms with Crippen LogP contribution in [0.25, 0.3) is 21.6 Å². The molecule has 2 N–H and O–H groups in total. The lowest BCUT2D eigenvalue weighted by Crippen LogP contribution is -2.12. The number of nitrogens with zero attached hydrogens (tertiary/aromatic N) is 2. The van der Waals surface area contributed by atoms with Gasteiger partial charge < -0.3 is 10.1 Å². The third kappa shape index (κ3) is 2.33. The molecule has 3 aromatic rings. The van der Waals surface area contributed by atoms with Crippen molar-refractivity contribution in [3.05, 3.63) is 24.3 Å². The average Bonchev–Trinajstić information content (AvgIpc) is 3.21. The number of aromatic amines is 1. The van der Waals surface area contributed by atoms with Crippen LogP contribution in [-0.2, 0) is 4.79 Å². The van der Waals surface area contributed by atoms with Gasteiger partial charge in [-0.1, -0.05) is 11.3 Å². The van der Waals surface area contributed by atoms with Crippen LogP contribution in [0.15, 0.2) is 24.3 Å². The highest BCUT2D eigenvalue weighted by Gasteiger charge is 2.30. The topological polar surface area (TPSA) is 79.9 Å². The Morgan fingerprint density at radius 2 is 2.14 bits per heavy atom. The summed E-state index contributed by atoms with van der Waals surface area (Å²) < 4.78 is 6.11. The number of hydrogen-bond acceptors (Lipinski definition) is 5. The zero-order valence-corrected chi connectivity index (χ0v) is 12.7. The van der Waals surface area contributed by atoms with Crippen molar-refractivity contribution in [2.24, 2.45) is 5.92 Å². The number of carbonyl (C=O) groups is 1. The van der Waals surface area contributed by atoms with E-state index in [4.69, 9.17) is 4.74 Å². The molecule has 2 heterocycles. The molecule has 112 valence electrons. The number of benzene rings is 1. The van der Waals surface area contributed by atoms with E-state index in [1.807, 2.05) is 24.3 Å². The van der Waals surface area contributed by atoms with E-state index in [1.165, 1.54) is 11.3 Å². The Labute approximate surface area is 130 Å². The number of hydrogen-bond donors (Lipinski definition) is 2. The molecule has 0 radical (unpaired) electrons. The maximum absolute atomic E-state index is 11.8. The molecule has 4 rings (SSSR count). The van der Waals surface area contributed by atoms with E-state index in [9.17, 15) is 4.79 Å². The minimum absolute atomic E-state index is 0.0615. The van der Waals surface area contributed by atoms with Crippen molar-refractivity contribution in [3.63, 3.8) is 0 Å². The van der Waals surface area contributed by atoms with E-state index in [0.29, 0.717) is 10.8 Å². The second kappa shape index (κ2) is 5.10. The Balaban J connectivity index is 1.65. The minimum Gasteiger partial charge on any atom is -0.497 e. The number of nitrogens with one attached hydrogen (secondary N) is 2. The molecule has 7 heteroatoms. The van der Waals surface area contributed by atoms with Crippen LogP contribution in [-0.4, -0.2) is 28.2 Å². The lowest BCUT2D eigenvalue weighted by atomic mass is 10.1. The number of anilines is 1. The first-order valence-corrected chi connectivity index (χ1v) is 7.86. The molecule has 0 saturated heterocycles. The van der Waals surface area contributed by atoms with E-state index >= 15 is 0 Å². The van der Waals surface area contributed by atoms with Crippen LogP contribution < -0.4 is 10.1 Å². The van der Waals surface area contributed by atoms with Crippen molar-refractivity contribution in [2.75, 3.05) is 12.4 Å². The smallest absolute Gasteiger partial charge is 0.229 e. The first-order valence-electron chi connectivity index (χ1n) is 7.05. The summed E-state index contributed by atoms with van der Waals surface area (Å²) in [7, 11) is 1.64. The van der Waals surface area contributed by atoms with Gasteiger partial charge in [-0.2, -0.15) is 10.1 Å². The Morgan fingerprint density at radius 3 is 2.82 bits per heavy atom. The lowest BCUT2D eigenvalue weighted by molar-refractivity contribution is -0.117. The SMILES string of the molecule is COc1ccc(-c2[nH]nc3nc(NC(=O)C4CC4)sc23)cc1. The fraction of sp³-hybridized carbons (Fsp3) is 0.267. The molecule has 0 unspecified atom stereocenters. The van der Waals surface area contributed by atoms with Gasteiger partial charge in [-0.05, 0) is 37.1 Å². The zero-order valence-electron chi connectivity index (χ0n) is 11.9. The fourth-order valence-electron chi connectivity index (χ4n) is 2.27. The van der Waals surface area contributed by atoms with Gasteiger partial charge in [0, 0.05) is 11.5 Å². The van der Waals surface area contributed by atoms with Crippen molar-refractivity contribution in [1.82, 2.24) is 15.2 Å². The molecule has 0 bridgehead atoms. The lowest BCUT2D eigenvalue weighted by Gasteiger charge is -2.01. The second-order valence-corrected chi connectivity index (χ2v) is 6.26. The molecule has 1 aliphatic carbocycles. The van der Waals surface area contributed by atoms with Crippen LogP contribution in [0.1, 0.15) is 12.8 Å². The van der Waals surface area contributed by atoms with Gasteiger partial charge >= 0.3 is 0 Å². The Hall–Kier alpha value is -2.41. The Morgan fingerprint density at radius 1 is 1.36 bits per heavy atom. The van der Waals surface area contributed by atoms with Crippen molar-refractivity contribution < 1.29 is 9.53 Å². The van der Waals surface area contributed by atoms with E-state index in [1.54, 1.807) is 7.11 Å². The standard InChI is InChI=1S/C15H14N4O2S/c1-21-10-6-4-8(5-7-10)11-12-13(19-18-11)16-15(22-12)17-14(20)9-2-3-9/h4-7,9H,2-3H2,1H3,(H2,16,17,18,19,20). The molecule has 1 amide bonds. The van der Waals surface area contributed by atoms with Gasteiger partial charge in [0.2, 0.25) is 5.91 Å². The molecular weight excluding hydrogens is 300 g/mol. The number of ether oxygens (including phenoxy) is 1. The van der Waals surface area contributed by atoms with Crippen LogP contribution >= 0.6 is 11.3 Å². The molecule has 0 atom stereocenters. The van der Waals surface area contributed by atoms with Gasteiger partial charge in [0.15, 0.2) is 10.8 Å². The molecule has 1 fully saturated rings. The predicted molar refractivity (Wildman–Crippen MR) is 85.1 cm³/mol. The van der Waals surface area contributed by atoms with Crippen LogP contribution in [0.3, 0.4) is 0 Å². The Bertz CT molecular complexity index is 833. The number of carbonyl (C=O) groups excluding carboxylic acids is 1. The van der Waals surface area contributed by atoms with Crippen molar-refractivity contribution >= 4 is 32.7 Å². The van der Waals surface area contributed by atoms with Crippen LogP contribution in [0.5, 0.6) is 5.75 Å². The van der Waals surface area contributed by atoms with Crippen molar-refractivity contribution in [1.29, 1.82) is 0 Å². The summed E-state index contributed by atoms with van der Waals surface area (Å²) in [6.07, 6.45) is 1.96. The van der Waals surface area contributed by atoms with Gasteiger partial charge in [-0.3, -0.25) is 9.89 Å². The third-order valence-electron chi connectivity index (χ3n) is 3.67. The highest BCUT2D eigenvalue weighted by molar-refractivity contribution is 7.22. The number of rotatable bonds is 4.